The number of hydrogen-bond acceptors (Lipinski definition) is 5. The van der Waals surface area contributed by atoms with E-state index in [1.807, 2.05) is 36.4 Å². The lowest BCUT2D eigenvalue weighted by atomic mass is 10.0. The van der Waals surface area contributed by atoms with Crippen LogP contribution in [0.25, 0.3) is 21.8 Å². The molecule has 0 aliphatic carbocycles. The molecule has 0 spiro atoms. The summed E-state index contributed by atoms with van der Waals surface area (Å²) in [5.41, 5.74) is 7.69. The van der Waals surface area contributed by atoms with E-state index in [1.165, 1.54) is 0 Å². The van der Waals surface area contributed by atoms with E-state index >= 15 is 0 Å². The average molecular weight is 408 g/mol. The van der Waals surface area contributed by atoms with Gasteiger partial charge in [-0.15, -0.1) is 0 Å². The molecule has 29 heavy (non-hydrogen) atoms. The molecule has 0 radical (unpaired) electrons. The molecule has 7 nitrogen and oxygen atoms in total. The third-order valence-electron chi connectivity index (χ3n) is 4.78. The molecule has 4 aromatic rings. The number of nitrogen functional groups attached to an aromatic ring is 1. The predicted octanol–water partition coefficient (Wildman–Crippen LogP) is 3.61. The number of nitrogens with two attached hydrogens (primary N) is 1. The molecule has 8 heteroatoms. The van der Waals surface area contributed by atoms with Gasteiger partial charge < -0.3 is 11.1 Å². The zero-order valence-electron chi connectivity index (χ0n) is 16.0. The van der Waals surface area contributed by atoms with Gasteiger partial charge in [-0.05, 0) is 48.9 Å². The molecular formula is C21H20N4O3S. The number of amides is 1. The van der Waals surface area contributed by atoms with Crippen molar-refractivity contribution in [2.24, 2.45) is 0 Å². The summed E-state index contributed by atoms with van der Waals surface area (Å²) < 4.78 is 26.2. The van der Waals surface area contributed by atoms with E-state index in [-0.39, 0.29) is 11.9 Å². The maximum atomic E-state index is 12.8. The van der Waals surface area contributed by atoms with Crippen molar-refractivity contribution in [2.75, 3.05) is 11.1 Å². The van der Waals surface area contributed by atoms with Gasteiger partial charge in [0.2, 0.25) is 16.0 Å². The molecule has 0 atom stereocenters. The molecule has 0 unspecified atom stereocenters. The topological polar surface area (TPSA) is 107 Å². The fourth-order valence-electron chi connectivity index (χ4n) is 3.25. The maximum absolute atomic E-state index is 12.8. The van der Waals surface area contributed by atoms with Crippen LogP contribution in [0.1, 0.15) is 24.2 Å². The summed E-state index contributed by atoms with van der Waals surface area (Å²) in [6, 6.07) is 18.0. The van der Waals surface area contributed by atoms with Gasteiger partial charge >= 0.3 is 0 Å². The van der Waals surface area contributed by atoms with Crippen molar-refractivity contribution in [3.05, 3.63) is 66.2 Å². The smallest absolute Gasteiger partial charge is 0.256 e. The van der Waals surface area contributed by atoms with E-state index < -0.39 is 15.3 Å². The number of rotatable bonds is 4. The van der Waals surface area contributed by atoms with Crippen LogP contribution in [0, 0.1) is 0 Å². The van der Waals surface area contributed by atoms with Crippen LogP contribution in [-0.2, 0) is 10.0 Å². The first-order valence-electron chi connectivity index (χ1n) is 9.10. The average Bonchev–Trinajstić information content (AvgIpc) is 3.02. The van der Waals surface area contributed by atoms with E-state index in [0.717, 1.165) is 14.7 Å². The van der Waals surface area contributed by atoms with Gasteiger partial charge in [-0.1, -0.05) is 36.4 Å². The fourth-order valence-corrected chi connectivity index (χ4v) is 4.41. The number of carbonyl (C=O) groups is 1. The van der Waals surface area contributed by atoms with Gasteiger partial charge in [0, 0.05) is 11.3 Å². The summed E-state index contributed by atoms with van der Waals surface area (Å²) in [5.74, 6) is -0.366. The minimum atomic E-state index is -3.65. The molecule has 1 aromatic heterocycles. The highest BCUT2D eigenvalue weighted by molar-refractivity contribution is 7.90. The fraction of sp³-hybridized carbons (Fsp3) is 0.143. The molecule has 0 bridgehead atoms. The third kappa shape index (κ3) is 3.21. The lowest BCUT2D eigenvalue weighted by molar-refractivity contribution is 0.102. The molecule has 4 rings (SSSR count). The molecule has 0 saturated heterocycles. The molecule has 0 aliphatic heterocycles. The molecule has 0 fully saturated rings. The molecule has 3 N–H and O–H groups in total. The highest BCUT2D eigenvalue weighted by Gasteiger charge is 2.24. The van der Waals surface area contributed by atoms with Crippen LogP contribution in [0.3, 0.4) is 0 Å². The number of nitrogens with one attached hydrogen (secondary N) is 1. The minimum Gasteiger partial charge on any atom is -0.368 e. The monoisotopic (exact) mass is 408 g/mol. The summed E-state index contributed by atoms with van der Waals surface area (Å²) in [5, 5.41) is 4.03. The van der Waals surface area contributed by atoms with Gasteiger partial charge in [-0.25, -0.2) is 17.4 Å². The molecular weight excluding hydrogens is 388 g/mol. The second kappa shape index (κ2) is 6.89. The van der Waals surface area contributed by atoms with Crippen molar-refractivity contribution in [3.8, 4) is 0 Å². The quantitative estimate of drug-likeness (QED) is 0.536. The Kier molecular flexibility index (Phi) is 4.50. The Labute approximate surface area is 168 Å². The minimum absolute atomic E-state index is 0.105. The third-order valence-corrected chi connectivity index (χ3v) is 6.86. The number of benzene rings is 3. The number of hydrogen-bond donors (Lipinski definition) is 2. The highest BCUT2D eigenvalue weighted by Crippen LogP contribution is 2.26. The van der Waals surface area contributed by atoms with E-state index in [2.05, 4.69) is 10.3 Å². The van der Waals surface area contributed by atoms with Gasteiger partial charge in [-0.3, -0.25) is 4.79 Å². The first kappa shape index (κ1) is 18.9. The number of anilines is 2. The Hall–Kier alpha value is -3.39. The van der Waals surface area contributed by atoms with Crippen LogP contribution < -0.4 is 11.1 Å². The van der Waals surface area contributed by atoms with Crippen molar-refractivity contribution in [3.63, 3.8) is 0 Å². The van der Waals surface area contributed by atoms with Crippen molar-refractivity contribution in [1.82, 2.24) is 8.96 Å². The predicted molar refractivity (Wildman–Crippen MR) is 116 cm³/mol. The second-order valence-electron chi connectivity index (χ2n) is 7.01. The summed E-state index contributed by atoms with van der Waals surface area (Å²) in [7, 11) is -3.65. The normalized spacial score (nSPS) is 12.0. The first-order chi connectivity index (χ1) is 13.8. The van der Waals surface area contributed by atoms with Gasteiger partial charge in [0.05, 0.1) is 16.3 Å². The van der Waals surface area contributed by atoms with Crippen molar-refractivity contribution < 1.29 is 13.2 Å². The van der Waals surface area contributed by atoms with Crippen molar-refractivity contribution >= 4 is 49.4 Å². The molecule has 0 aliphatic rings. The van der Waals surface area contributed by atoms with E-state index in [0.29, 0.717) is 22.3 Å². The van der Waals surface area contributed by atoms with Gasteiger partial charge in [-0.2, -0.15) is 0 Å². The molecule has 1 heterocycles. The van der Waals surface area contributed by atoms with Crippen LogP contribution >= 0.6 is 0 Å². The Balaban J connectivity index is 1.72. The summed E-state index contributed by atoms with van der Waals surface area (Å²) in [6.45, 7) is 3.17. The van der Waals surface area contributed by atoms with Crippen LogP contribution in [0.15, 0.2) is 60.7 Å². The largest absolute Gasteiger partial charge is 0.368 e. The first-order valence-corrected chi connectivity index (χ1v) is 10.6. The van der Waals surface area contributed by atoms with Crippen LogP contribution in [0.5, 0.6) is 0 Å². The Bertz CT molecular complexity index is 1350. The Morgan fingerprint density at radius 3 is 2.55 bits per heavy atom. The maximum Gasteiger partial charge on any atom is 0.256 e. The highest BCUT2D eigenvalue weighted by atomic mass is 32.2. The summed E-state index contributed by atoms with van der Waals surface area (Å²) in [6.07, 6.45) is 0. The zero-order valence-corrected chi connectivity index (χ0v) is 16.8. The van der Waals surface area contributed by atoms with E-state index in [4.69, 9.17) is 5.73 Å². The van der Waals surface area contributed by atoms with Gasteiger partial charge in [0.25, 0.3) is 5.91 Å². The Morgan fingerprint density at radius 1 is 1.07 bits per heavy atom. The molecule has 0 saturated carbocycles. The number of imidazole rings is 1. The lowest BCUT2D eigenvalue weighted by Gasteiger charge is -2.11. The SMILES string of the molecule is CC(C)S(=O)(=O)n1c(N)nc2cc(NC(=O)c3cccc4ccccc34)ccc21. The van der Waals surface area contributed by atoms with Gasteiger partial charge in [0.1, 0.15) is 0 Å². The standard InChI is InChI=1S/C21H20N4O3S/c1-13(2)29(27,28)25-19-11-10-15(12-18(19)24-21(25)22)23-20(26)17-9-5-7-14-6-3-4-8-16(14)17/h3-13H,1-2H3,(H2,22,24)(H,23,26). The number of carbonyl (C=O) groups excluding carboxylic acids is 1. The molecule has 1 amide bonds. The zero-order chi connectivity index (χ0) is 20.8. The number of fused-ring (bicyclic) bond motifs is 2. The second-order valence-corrected chi connectivity index (χ2v) is 9.35. The van der Waals surface area contributed by atoms with Crippen molar-refractivity contribution in [2.45, 2.75) is 19.1 Å². The Morgan fingerprint density at radius 2 is 1.79 bits per heavy atom. The van der Waals surface area contributed by atoms with Crippen LogP contribution in [-0.4, -0.2) is 28.5 Å². The van der Waals surface area contributed by atoms with Gasteiger partial charge in [0.15, 0.2) is 0 Å². The number of nitrogens with zero attached hydrogens (tertiary/aromatic N) is 2. The lowest BCUT2D eigenvalue weighted by Crippen LogP contribution is -2.23. The van der Waals surface area contributed by atoms with E-state index in [1.54, 1.807) is 38.1 Å². The molecule has 148 valence electrons. The van der Waals surface area contributed by atoms with Crippen LogP contribution in [0.4, 0.5) is 11.6 Å². The van der Waals surface area contributed by atoms with E-state index in [9.17, 15) is 13.2 Å². The molecule has 3 aromatic carbocycles. The van der Waals surface area contributed by atoms with Crippen LogP contribution in [0.2, 0.25) is 0 Å². The number of aromatic nitrogens is 2. The summed E-state index contributed by atoms with van der Waals surface area (Å²) >= 11 is 0. The van der Waals surface area contributed by atoms with Crippen molar-refractivity contribution in [1.29, 1.82) is 0 Å². The summed E-state index contributed by atoms with van der Waals surface area (Å²) in [4.78, 5) is 17.0.